The molecule has 0 heterocycles. The molecule has 1 aromatic carbocycles. The standard InChI is InChI=1S/C9H10F3N3O/c10-9(11,12)5-1-2-7(6(13)3-5)15-4-8(14)16/h1-3,15H,4,13H2,(H2,14,16). The molecule has 0 aliphatic carbocycles. The van der Waals surface area contributed by atoms with Crippen molar-refractivity contribution in [1.29, 1.82) is 0 Å². The number of anilines is 2. The van der Waals surface area contributed by atoms with E-state index in [1.165, 1.54) is 0 Å². The molecule has 4 nitrogen and oxygen atoms in total. The molecular weight excluding hydrogens is 223 g/mol. The van der Waals surface area contributed by atoms with Crippen LogP contribution in [0.25, 0.3) is 0 Å². The number of hydrogen-bond acceptors (Lipinski definition) is 3. The van der Waals surface area contributed by atoms with E-state index in [2.05, 4.69) is 5.32 Å². The minimum absolute atomic E-state index is 0.0870. The highest BCUT2D eigenvalue weighted by Crippen LogP contribution is 2.32. The Morgan fingerprint density at radius 1 is 1.38 bits per heavy atom. The topological polar surface area (TPSA) is 81.1 Å². The lowest BCUT2D eigenvalue weighted by Crippen LogP contribution is -2.22. The van der Waals surface area contributed by atoms with E-state index in [0.29, 0.717) is 0 Å². The Balaban J connectivity index is 2.88. The average molecular weight is 233 g/mol. The van der Waals surface area contributed by atoms with Gasteiger partial charge in [0.15, 0.2) is 0 Å². The molecule has 7 heteroatoms. The molecule has 0 spiro atoms. The number of halogens is 3. The number of nitrogens with two attached hydrogens (primary N) is 2. The predicted octanol–water partition coefficient (Wildman–Crippen LogP) is 1.18. The second-order valence-electron chi connectivity index (χ2n) is 3.12. The number of alkyl halides is 3. The zero-order valence-corrected chi connectivity index (χ0v) is 8.14. The van der Waals surface area contributed by atoms with Gasteiger partial charge in [0.25, 0.3) is 0 Å². The van der Waals surface area contributed by atoms with Crippen molar-refractivity contribution in [3.8, 4) is 0 Å². The fourth-order valence-electron chi connectivity index (χ4n) is 1.08. The Bertz CT molecular complexity index is 403. The summed E-state index contributed by atoms with van der Waals surface area (Å²) in [4.78, 5) is 10.4. The second-order valence-corrected chi connectivity index (χ2v) is 3.12. The molecule has 0 fully saturated rings. The second kappa shape index (κ2) is 4.30. The summed E-state index contributed by atoms with van der Waals surface area (Å²) in [5.41, 5.74) is 9.57. The number of hydrogen-bond donors (Lipinski definition) is 3. The third-order valence-electron chi connectivity index (χ3n) is 1.83. The van der Waals surface area contributed by atoms with E-state index in [9.17, 15) is 18.0 Å². The maximum absolute atomic E-state index is 12.3. The lowest BCUT2D eigenvalue weighted by molar-refractivity contribution is -0.137. The van der Waals surface area contributed by atoms with Gasteiger partial charge in [-0.1, -0.05) is 0 Å². The van der Waals surface area contributed by atoms with Gasteiger partial charge in [-0.3, -0.25) is 4.79 Å². The van der Waals surface area contributed by atoms with E-state index < -0.39 is 17.6 Å². The highest BCUT2D eigenvalue weighted by atomic mass is 19.4. The number of nitrogens with one attached hydrogen (secondary N) is 1. The van der Waals surface area contributed by atoms with E-state index in [-0.39, 0.29) is 17.9 Å². The van der Waals surface area contributed by atoms with E-state index >= 15 is 0 Å². The molecule has 0 atom stereocenters. The molecule has 0 unspecified atom stereocenters. The largest absolute Gasteiger partial charge is 0.416 e. The summed E-state index contributed by atoms with van der Waals surface area (Å²) in [6.07, 6.45) is -4.43. The summed E-state index contributed by atoms with van der Waals surface area (Å²) in [7, 11) is 0. The van der Waals surface area contributed by atoms with Crippen LogP contribution in [0, 0.1) is 0 Å². The molecule has 1 rings (SSSR count). The summed E-state index contributed by atoms with van der Waals surface area (Å²) in [5.74, 6) is -0.626. The molecule has 0 aliphatic rings. The zero-order chi connectivity index (χ0) is 12.3. The van der Waals surface area contributed by atoms with Crippen molar-refractivity contribution >= 4 is 17.3 Å². The van der Waals surface area contributed by atoms with Crippen molar-refractivity contribution < 1.29 is 18.0 Å². The van der Waals surface area contributed by atoms with Gasteiger partial charge in [-0.2, -0.15) is 13.2 Å². The van der Waals surface area contributed by atoms with E-state index in [1.807, 2.05) is 0 Å². The van der Waals surface area contributed by atoms with Crippen molar-refractivity contribution in [2.24, 2.45) is 5.73 Å². The molecule has 5 N–H and O–H groups in total. The average Bonchev–Trinajstić information content (AvgIpc) is 2.14. The van der Waals surface area contributed by atoms with Crippen LogP contribution in [-0.2, 0) is 11.0 Å². The van der Waals surface area contributed by atoms with Gasteiger partial charge in [0, 0.05) is 0 Å². The van der Waals surface area contributed by atoms with Crippen molar-refractivity contribution in [3.63, 3.8) is 0 Å². The monoisotopic (exact) mass is 233 g/mol. The fourth-order valence-corrected chi connectivity index (χ4v) is 1.08. The Morgan fingerprint density at radius 2 is 2.00 bits per heavy atom. The van der Waals surface area contributed by atoms with Crippen LogP contribution < -0.4 is 16.8 Å². The lowest BCUT2D eigenvalue weighted by Gasteiger charge is -2.11. The number of rotatable bonds is 3. The summed E-state index contributed by atoms with van der Waals surface area (Å²) in [6.45, 7) is -0.185. The summed E-state index contributed by atoms with van der Waals surface area (Å²) in [5, 5.41) is 2.52. The molecular formula is C9H10F3N3O. The molecule has 0 saturated heterocycles. The van der Waals surface area contributed by atoms with Crippen LogP contribution in [-0.4, -0.2) is 12.5 Å². The first-order valence-corrected chi connectivity index (χ1v) is 4.29. The van der Waals surface area contributed by atoms with E-state index in [1.54, 1.807) is 0 Å². The first kappa shape index (κ1) is 12.2. The van der Waals surface area contributed by atoms with Gasteiger partial charge in [-0.25, -0.2) is 0 Å². The van der Waals surface area contributed by atoms with Crippen LogP contribution in [0.3, 0.4) is 0 Å². The summed E-state index contributed by atoms with van der Waals surface area (Å²) < 4.78 is 36.8. The molecule has 0 saturated carbocycles. The molecule has 0 aliphatic heterocycles. The van der Waals surface area contributed by atoms with Crippen molar-refractivity contribution in [1.82, 2.24) is 0 Å². The van der Waals surface area contributed by atoms with Crippen molar-refractivity contribution in [3.05, 3.63) is 23.8 Å². The third kappa shape index (κ3) is 3.04. The number of carbonyl (C=O) groups excluding carboxylic acids is 1. The van der Waals surface area contributed by atoms with Gasteiger partial charge < -0.3 is 16.8 Å². The number of amides is 1. The minimum atomic E-state index is -4.43. The van der Waals surface area contributed by atoms with Crippen LogP contribution in [0.4, 0.5) is 24.5 Å². The number of benzene rings is 1. The van der Waals surface area contributed by atoms with Gasteiger partial charge in [0.1, 0.15) is 0 Å². The SMILES string of the molecule is NC(=O)CNc1ccc(C(F)(F)F)cc1N. The van der Waals surface area contributed by atoms with Crippen LogP contribution in [0.1, 0.15) is 5.56 Å². The van der Waals surface area contributed by atoms with Crippen molar-refractivity contribution in [2.75, 3.05) is 17.6 Å². The molecule has 0 bridgehead atoms. The fraction of sp³-hybridized carbons (Fsp3) is 0.222. The van der Waals surface area contributed by atoms with Crippen LogP contribution in [0.5, 0.6) is 0 Å². The minimum Gasteiger partial charge on any atom is -0.397 e. The highest BCUT2D eigenvalue weighted by molar-refractivity contribution is 5.80. The highest BCUT2D eigenvalue weighted by Gasteiger charge is 2.30. The molecule has 1 aromatic rings. The molecule has 0 radical (unpaired) electrons. The Morgan fingerprint density at radius 3 is 2.44 bits per heavy atom. The summed E-state index contributed by atoms with van der Waals surface area (Å²) in [6, 6.07) is 2.82. The maximum Gasteiger partial charge on any atom is 0.416 e. The zero-order valence-electron chi connectivity index (χ0n) is 8.14. The number of nitrogen functional groups attached to an aromatic ring is 1. The Labute approximate surface area is 89.4 Å². The van der Waals surface area contributed by atoms with E-state index in [4.69, 9.17) is 11.5 Å². The van der Waals surface area contributed by atoms with Gasteiger partial charge in [-0.05, 0) is 18.2 Å². The summed E-state index contributed by atoms with van der Waals surface area (Å²) >= 11 is 0. The smallest absolute Gasteiger partial charge is 0.397 e. The maximum atomic E-state index is 12.3. The Hall–Kier alpha value is -1.92. The number of carbonyl (C=O) groups is 1. The van der Waals surface area contributed by atoms with Crippen LogP contribution >= 0.6 is 0 Å². The predicted molar refractivity (Wildman–Crippen MR) is 53.5 cm³/mol. The van der Waals surface area contributed by atoms with Gasteiger partial charge in [-0.15, -0.1) is 0 Å². The number of primary amides is 1. The normalized spacial score (nSPS) is 11.2. The Kier molecular flexibility index (Phi) is 3.26. The van der Waals surface area contributed by atoms with Crippen LogP contribution in [0.15, 0.2) is 18.2 Å². The first-order valence-electron chi connectivity index (χ1n) is 4.29. The quantitative estimate of drug-likeness (QED) is 0.686. The molecule has 1 amide bonds. The van der Waals surface area contributed by atoms with E-state index in [0.717, 1.165) is 18.2 Å². The first-order chi connectivity index (χ1) is 7.30. The molecule has 0 aromatic heterocycles. The van der Waals surface area contributed by atoms with Crippen LogP contribution in [0.2, 0.25) is 0 Å². The van der Waals surface area contributed by atoms with Crippen molar-refractivity contribution in [2.45, 2.75) is 6.18 Å². The lowest BCUT2D eigenvalue weighted by atomic mass is 10.1. The molecule has 16 heavy (non-hydrogen) atoms. The van der Waals surface area contributed by atoms with Gasteiger partial charge >= 0.3 is 6.18 Å². The van der Waals surface area contributed by atoms with Gasteiger partial charge in [0.2, 0.25) is 5.91 Å². The third-order valence-corrected chi connectivity index (χ3v) is 1.83. The molecule has 88 valence electrons. The van der Waals surface area contributed by atoms with Gasteiger partial charge in [0.05, 0.1) is 23.5 Å².